The van der Waals surface area contributed by atoms with Crippen LogP contribution in [0.15, 0.2) is 29.6 Å². The van der Waals surface area contributed by atoms with Crippen molar-refractivity contribution in [2.24, 2.45) is 10.9 Å². The third-order valence-electron chi connectivity index (χ3n) is 4.30. The lowest BCUT2D eigenvalue weighted by atomic mass is 10.2. The number of pyridine rings is 1. The fraction of sp³-hybridized carbons (Fsp3) is 0.556. The number of hydrogen-bond donors (Lipinski definition) is 2. The first-order valence-corrected chi connectivity index (χ1v) is 9.17. The van der Waals surface area contributed by atoms with Crippen molar-refractivity contribution >= 4 is 29.9 Å². The SMILES string of the molecule is CCc1nncn1CCNC(=NC)NCc1ccnc(OCC2CC2)c1.I. The van der Waals surface area contributed by atoms with E-state index in [1.54, 1.807) is 19.6 Å². The largest absolute Gasteiger partial charge is 0.477 e. The lowest BCUT2D eigenvalue weighted by Gasteiger charge is -2.13. The van der Waals surface area contributed by atoms with Crippen molar-refractivity contribution in [1.29, 1.82) is 0 Å². The van der Waals surface area contributed by atoms with Crippen molar-refractivity contribution in [3.63, 3.8) is 0 Å². The number of rotatable bonds is 9. The second-order valence-corrected chi connectivity index (χ2v) is 6.40. The molecule has 148 valence electrons. The van der Waals surface area contributed by atoms with Gasteiger partial charge >= 0.3 is 0 Å². The fourth-order valence-corrected chi connectivity index (χ4v) is 2.57. The van der Waals surface area contributed by atoms with Crippen LogP contribution in [0.4, 0.5) is 0 Å². The molecule has 9 heteroatoms. The van der Waals surface area contributed by atoms with Gasteiger partial charge in [0.05, 0.1) is 6.61 Å². The Morgan fingerprint density at radius 2 is 2.22 bits per heavy atom. The Morgan fingerprint density at radius 3 is 2.96 bits per heavy atom. The third kappa shape index (κ3) is 6.96. The highest BCUT2D eigenvalue weighted by Gasteiger charge is 2.22. The number of hydrogen-bond acceptors (Lipinski definition) is 5. The molecule has 0 aromatic carbocycles. The molecule has 2 aromatic heterocycles. The van der Waals surface area contributed by atoms with Crippen molar-refractivity contribution in [2.45, 2.75) is 39.3 Å². The lowest BCUT2D eigenvalue weighted by Crippen LogP contribution is -2.38. The van der Waals surface area contributed by atoms with Crippen molar-refractivity contribution in [1.82, 2.24) is 30.4 Å². The highest BCUT2D eigenvalue weighted by molar-refractivity contribution is 14.0. The van der Waals surface area contributed by atoms with Gasteiger partial charge in [-0.25, -0.2) is 4.98 Å². The standard InChI is InChI=1S/C18H27N7O.HI/c1-3-16-24-23-13-25(16)9-8-21-18(19-2)22-11-15-6-7-20-17(10-15)26-12-14-4-5-14;/h6-7,10,13-14H,3-5,8-9,11-12H2,1-2H3,(H2,19,21,22);1H. The predicted molar refractivity (Wildman–Crippen MR) is 115 cm³/mol. The van der Waals surface area contributed by atoms with Crippen LogP contribution in [0.25, 0.3) is 0 Å². The molecule has 1 saturated carbocycles. The van der Waals surface area contributed by atoms with Crippen LogP contribution in [0.3, 0.4) is 0 Å². The van der Waals surface area contributed by atoms with E-state index in [1.165, 1.54) is 12.8 Å². The van der Waals surface area contributed by atoms with Crippen LogP contribution < -0.4 is 15.4 Å². The Hall–Kier alpha value is -1.91. The molecular weight excluding hydrogens is 457 g/mol. The number of guanidine groups is 1. The molecule has 0 aliphatic heterocycles. The highest BCUT2D eigenvalue weighted by atomic mass is 127. The molecule has 0 saturated heterocycles. The van der Waals surface area contributed by atoms with Gasteiger partial charge < -0.3 is 19.9 Å². The Bertz CT molecular complexity index is 730. The molecule has 1 fully saturated rings. The third-order valence-corrected chi connectivity index (χ3v) is 4.30. The molecule has 1 aliphatic rings. The Morgan fingerprint density at radius 1 is 1.37 bits per heavy atom. The lowest BCUT2D eigenvalue weighted by molar-refractivity contribution is 0.288. The summed E-state index contributed by atoms with van der Waals surface area (Å²) in [5, 5.41) is 14.7. The van der Waals surface area contributed by atoms with Gasteiger partial charge in [0.25, 0.3) is 0 Å². The second-order valence-electron chi connectivity index (χ2n) is 6.40. The normalized spacial score (nSPS) is 13.8. The van der Waals surface area contributed by atoms with Crippen molar-refractivity contribution < 1.29 is 4.74 Å². The number of ether oxygens (including phenoxy) is 1. The van der Waals surface area contributed by atoms with E-state index in [1.807, 2.05) is 16.7 Å². The van der Waals surface area contributed by atoms with Crippen molar-refractivity contribution in [2.75, 3.05) is 20.2 Å². The van der Waals surface area contributed by atoms with E-state index in [-0.39, 0.29) is 24.0 Å². The molecule has 0 unspecified atom stereocenters. The zero-order valence-electron chi connectivity index (χ0n) is 15.9. The predicted octanol–water partition coefficient (Wildman–Crippen LogP) is 2.01. The van der Waals surface area contributed by atoms with Gasteiger partial charge in [0.15, 0.2) is 5.96 Å². The molecule has 0 atom stereocenters. The smallest absolute Gasteiger partial charge is 0.213 e. The Balaban J connectivity index is 0.00000261. The maximum atomic E-state index is 5.73. The summed E-state index contributed by atoms with van der Waals surface area (Å²) in [7, 11) is 1.77. The molecule has 0 spiro atoms. The van der Waals surface area contributed by atoms with Gasteiger partial charge in [-0.15, -0.1) is 34.2 Å². The maximum absolute atomic E-state index is 5.73. The molecule has 27 heavy (non-hydrogen) atoms. The van der Waals surface area contributed by atoms with E-state index < -0.39 is 0 Å². The summed E-state index contributed by atoms with van der Waals surface area (Å²) in [6.45, 7) is 5.05. The molecule has 0 bridgehead atoms. The zero-order valence-corrected chi connectivity index (χ0v) is 18.2. The van der Waals surface area contributed by atoms with Crippen LogP contribution in [-0.2, 0) is 19.5 Å². The van der Waals surface area contributed by atoms with E-state index in [4.69, 9.17) is 4.74 Å². The summed E-state index contributed by atoms with van der Waals surface area (Å²) in [4.78, 5) is 8.53. The number of halogens is 1. The highest BCUT2D eigenvalue weighted by Crippen LogP contribution is 2.29. The summed E-state index contributed by atoms with van der Waals surface area (Å²) in [5.41, 5.74) is 1.11. The molecule has 1 aliphatic carbocycles. The Labute approximate surface area is 177 Å². The first-order valence-electron chi connectivity index (χ1n) is 9.17. The monoisotopic (exact) mass is 485 g/mol. The summed E-state index contributed by atoms with van der Waals surface area (Å²) >= 11 is 0. The Kier molecular flexibility index (Phi) is 8.76. The van der Waals surface area contributed by atoms with Gasteiger partial charge in [-0.2, -0.15) is 0 Å². The van der Waals surface area contributed by atoms with Crippen LogP contribution >= 0.6 is 24.0 Å². The summed E-state index contributed by atoms with van der Waals surface area (Å²) in [5.74, 6) is 3.16. The summed E-state index contributed by atoms with van der Waals surface area (Å²) in [6, 6.07) is 3.96. The average Bonchev–Trinajstić information content (AvgIpc) is 3.40. The van der Waals surface area contributed by atoms with Crippen LogP contribution in [0.2, 0.25) is 0 Å². The quantitative estimate of drug-likeness (QED) is 0.321. The fourth-order valence-electron chi connectivity index (χ4n) is 2.57. The number of aliphatic imine (C=N–C) groups is 1. The van der Waals surface area contributed by atoms with Gasteiger partial charge in [0.2, 0.25) is 5.88 Å². The van der Waals surface area contributed by atoms with Crippen LogP contribution in [0.5, 0.6) is 5.88 Å². The van der Waals surface area contributed by atoms with Gasteiger partial charge in [-0.3, -0.25) is 4.99 Å². The number of nitrogens with one attached hydrogen (secondary N) is 2. The van der Waals surface area contributed by atoms with Crippen LogP contribution in [-0.4, -0.2) is 45.9 Å². The van der Waals surface area contributed by atoms with E-state index in [0.29, 0.717) is 12.4 Å². The van der Waals surface area contributed by atoms with Crippen molar-refractivity contribution in [3.8, 4) is 5.88 Å². The van der Waals surface area contributed by atoms with E-state index >= 15 is 0 Å². The van der Waals surface area contributed by atoms with Gasteiger partial charge in [0, 0.05) is 45.4 Å². The second kappa shape index (κ2) is 11.1. The number of aryl methyl sites for hydroxylation is 1. The topological polar surface area (TPSA) is 89.2 Å². The minimum Gasteiger partial charge on any atom is -0.477 e. The number of nitrogens with zero attached hydrogens (tertiary/aromatic N) is 5. The van der Waals surface area contributed by atoms with Crippen LogP contribution in [0.1, 0.15) is 31.2 Å². The molecule has 0 radical (unpaired) electrons. The average molecular weight is 485 g/mol. The first-order chi connectivity index (χ1) is 12.8. The minimum absolute atomic E-state index is 0. The molecule has 0 amide bonds. The van der Waals surface area contributed by atoms with Crippen molar-refractivity contribution in [3.05, 3.63) is 36.0 Å². The maximum Gasteiger partial charge on any atom is 0.213 e. The first kappa shape index (κ1) is 21.4. The zero-order chi connectivity index (χ0) is 18.2. The molecular formula is C18H28IN7O. The molecule has 2 heterocycles. The number of aromatic nitrogens is 4. The van der Waals surface area contributed by atoms with Crippen LogP contribution in [0, 0.1) is 5.92 Å². The summed E-state index contributed by atoms with van der Waals surface area (Å²) < 4.78 is 7.78. The summed E-state index contributed by atoms with van der Waals surface area (Å²) in [6.07, 6.45) is 6.97. The molecule has 8 nitrogen and oxygen atoms in total. The molecule has 3 rings (SSSR count). The van der Waals surface area contributed by atoms with E-state index in [0.717, 1.165) is 49.4 Å². The van der Waals surface area contributed by atoms with Gasteiger partial charge in [0.1, 0.15) is 12.2 Å². The van der Waals surface area contributed by atoms with Gasteiger partial charge in [-0.1, -0.05) is 6.92 Å². The molecule has 2 aromatic rings. The molecule has 2 N–H and O–H groups in total. The van der Waals surface area contributed by atoms with E-state index in [9.17, 15) is 0 Å². The minimum atomic E-state index is 0. The van der Waals surface area contributed by atoms with Gasteiger partial charge in [-0.05, 0) is 30.4 Å². The van der Waals surface area contributed by atoms with E-state index in [2.05, 4.69) is 37.7 Å².